The van der Waals surface area contributed by atoms with E-state index in [9.17, 15) is 0 Å². The summed E-state index contributed by atoms with van der Waals surface area (Å²) >= 11 is 3.13. The fourth-order valence-electron chi connectivity index (χ4n) is 1.08. The first-order chi connectivity index (χ1) is 7.29. The van der Waals surface area contributed by atoms with Crippen molar-refractivity contribution in [2.24, 2.45) is 0 Å². The Morgan fingerprint density at radius 2 is 2.40 bits per heavy atom. The maximum atomic E-state index is 4.36. The van der Waals surface area contributed by atoms with Gasteiger partial charge < -0.3 is 0 Å². The predicted molar refractivity (Wildman–Crippen MR) is 59.1 cm³/mol. The fraction of sp³-hybridized carbons (Fsp3) is 0.500. The van der Waals surface area contributed by atoms with E-state index in [1.165, 1.54) is 11.8 Å². The lowest BCUT2D eigenvalue weighted by atomic mass is 10.5. The van der Waals surface area contributed by atoms with E-state index in [2.05, 4.69) is 27.4 Å². The second kappa shape index (κ2) is 4.71. The summed E-state index contributed by atoms with van der Waals surface area (Å²) in [7, 11) is 0. The smallest absolute Gasteiger partial charge is 0.216 e. The summed E-state index contributed by atoms with van der Waals surface area (Å²) in [6.45, 7) is 4.93. The van der Waals surface area contributed by atoms with Crippen molar-refractivity contribution in [1.29, 1.82) is 0 Å². The number of hydrogen-bond acceptors (Lipinski definition) is 6. The number of hydrogen-bond donors (Lipinski definition) is 0. The molecule has 2 aromatic rings. The zero-order chi connectivity index (χ0) is 10.7. The molecule has 0 atom stereocenters. The molecule has 15 heavy (non-hydrogen) atoms. The van der Waals surface area contributed by atoms with E-state index in [1.807, 2.05) is 12.3 Å². The van der Waals surface area contributed by atoms with Gasteiger partial charge >= 0.3 is 0 Å². The summed E-state index contributed by atoms with van der Waals surface area (Å²) < 4.78 is 2.79. The van der Waals surface area contributed by atoms with E-state index in [0.29, 0.717) is 0 Å². The predicted octanol–water partition coefficient (Wildman–Crippen LogP) is 2.00. The highest BCUT2D eigenvalue weighted by Crippen LogP contribution is 2.28. The third-order valence-corrected chi connectivity index (χ3v) is 3.74. The Hall–Kier alpha value is -0.950. The largest absolute Gasteiger partial charge is 0.235 e. The number of rotatable bonds is 4. The second-order valence-electron chi connectivity index (χ2n) is 3.04. The van der Waals surface area contributed by atoms with Crippen LogP contribution in [-0.2, 0) is 6.54 Å². The monoisotopic (exact) mass is 241 g/mol. The summed E-state index contributed by atoms with van der Waals surface area (Å²) in [5.74, 6) is 0. The minimum atomic E-state index is 0.811. The maximum Gasteiger partial charge on any atom is 0.216 e. The van der Waals surface area contributed by atoms with Crippen LogP contribution in [0.15, 0.2) is 14.9 Å². The molecule has 0 aliphatic rings. The quantitative estimate of drug-likeness (QED) is 0.819. The highest BCUT2D eigenvalue weighted by atomic mass is 32.2. The van der Waals surface area contributed by atoms with Gasteiger partial charge in [-0.15, -0.1) is 16.4 Å². The Kier molecular flexibility index (Phi) is 3.32. The molecule has 0 aliphatic carbocycles. The van der Waals surface area contributed by atoms with Crippen molar-refractivity contribution >= 4 is 23.1 Å². The van der Waals surface area contributed by atoms with Gasteiger partial charge in [0.1, 0.15) is 0 Å². The van der Waals surface area contributed by atoms with Gasteiger partial charge in [0.15, 0.2) is 4.34 Å². The molecule has 0 spiro atoms. The van der Waals surface area contributed by atoms with E-state index in [1.54, 1.807) is 16.0 Å². The van der Waals surface area contributed by atoms with Crippen molar-refractivity contribution in [2.75, 3.05) is 0 Å². The molecule has 0 saturated carbocycles. The molecule has 0 radical (unpaired) electrons. The summed E-state index contributed by atoms with van der Waals surface area (Å²) in [6.07, 6.45) is 1.02. The van der Waals surface area contributed by atoms with Crippen molar-refractivity contribution < 1.29 is 0 Å². The Balaban J connectivity index is 2.13. The molecule has 0 bridgehead atoms. The summed E-state index contributed by atoms with van der Waals surface area (Å²) in [6, 6.07) is 0. The topological polar surface area (TPSA) is 56.5 Å². The summed E-state index contributed by atoms with van der Waals surface area (Å²) in [5, 5.41) is 14.4. The average Bonchev–Trinajstić information content (AvgIpc) is 2.78. The van der Waals surface area contributed by atoms with Crippen LogP contribution in [0.1, 0.15) is 19.0 Å². The Morgan fingerprint density at radius 3 is 3.07 bits per heavy atom. The standard InChI is InChI=1S/C8H11N5S2/c1-3-4-13-7(10-11-12-13)15-8-9-6(2)5-14-8/h5H,3-4H2,1-2H3. The summed E-state index contributed by atoms with van der Waals surface area (Å²) in [4.78, 5) is 4.36. The molecule has 0 fully saturated rings. The minimum absolute atomic E-state index is 0.811. The number of thiazole rings is 1. The first kappa shape index (κ1) is 10.6. The lowest BCUT2D eigenvalue weighted by Gasteiger charge is -1.98. The van der Waals surface area contributed by atoms with E-state index in [0.717, 1.165) is 28.2 Å². The van der Waals surface area contributed by atoms with Gasteiger partial charge in [0.25, 0.3) is 0 Å². The van der Waals surface area contributed by atoms with Gasteiger partial charge in [0, 0.05) is 17.6 Å². The van der Waals surface area contributed by atoms with E-state index in [-0.39, 0.29) is 0 Å². The molecule has 2 aromatic heterocycles. The molecule has 2 heterocycles. The molecule has 2 rings (SSSR count). The van der Waals surface area contributed by atoms with Crippen LogP contribution in [0.5, 0.6) is 0 Å². The first-order valence-electron chi connectivity index (χ1n) is 4.65. The van der Waals surface area contributed by atoms with E-state index < -0.39 is 0 Å². The third kappa shape index (κ3) is 2.54. The lowest BCUT2D eigenvalue weighted by Crippen LogP contribution is -2.00. The minimum Gasteiger partial charge on any atom is -0.235 e. The third-order valence-electron chi connectivity index (χ3n) is 1.71. The van der Waals surface area contributed by atoms with Crippen LogP contribution in [0.3, 0.4) is 0 Å². The second-order valence-corrected chi connectivity index (χ2v) is 5.11. The zero-order valence-electron chi connectivity index (χ0n) is 8.54. The van der Waals surface area contributed by atoms with Crippen LogP contribution in [0, 0.1) is 6.92 Å². The highest BCUT2D eigenvalue weighted by Gasteiger charge is 2.09. The Labute approximate surface area is 95.9 Å². The van der Waals surface area contributed by atoms with Gasteiger partial charge in [-0.05, 0) is 35.5 Å². The summed E-state index contributed by atoms with van der Waals surface area (Å²) in [5.41, 5.74) is 1.04. The van der Waals surface area contributed by atoms with Crippen LogP contribution in [-0.4, -0.2) is 25.2 Å². The average molecular weight is 241 g/mol. The molecule has 0 unspecified atom stereocenters. The molecular weight excluding hydrogens is 230 g/mol. The molecule has 0 N–H and O–H groups in total. The Morgan fingerprint density at radius 1 is 1.53 bits per heavy atom. The van der Waals surface area contributed by atoms with Crippen LogP contribution in [0.4, 0.5) is 0 Å². The van der Waals surface area contributed by atoms with Gasteiger partial charge in [-0.2, -0.15) is 0 Å². The first-order valence-corrected chi connectivity index (χ1v) is 6.35. The highest BCUT2D eigenvalue weighted by molar-refractivity contribution is 8.00. The van der Waals surface area contributed by atoms with E-state index in [4.69, 9.17) is 0 Å². The molecule has 0 aliphatic heterocycles. The maximum absolute atomic E-state index is 4.36. The number of aryl methyl sites for hydroxylation is 2. The van der Waals surface area contributed by atoms with Crippen molar-refractivity contribution in [3.63, 3.8) is 0 Å². The van der Waals surface area contributed by atoms with Crippen molar-refractivity contribution in [1.82, 2.24) is 25.2 Å². The van der Waals surface area contributed by atoms with Crippen LogP contribution < -0.4 is 0 Å². The fourth-order valence-corrected chi connectivity index (χ4v) is 2.82. The molecule has 5 nitrogen and oxygen atoms in total. The zero-order valence-corrected chi connectivity index (χ0v) is 10.2. The molecule has 7 heteroatoms. The number of tetrazole rings is 1. The van der Waals surface area contributed by atoms with Crippen molar-refractivity contribution in [3.05, 3.63) is 11.1 Å². The molecular formula is C8H11N5S2. The van der Waals surface area contributed by atoms with Gasteiger partial charge in [-0.1, -0.05) is 6.92 Å². The van der Waals surface area contributed by atoms with Crippen LogP contribution in [0.25, 0.3) is 0 Å². The normalized spacial score (nSPS) is 10.8. The van der Waals surface area contributed by atoms with Gasteiger partial charge in [0.05, 0.1) is 0 Å². The van der Waals surface area contributed by atoms with E-state index >= 15 is 0 Å². The molecule has 0 saturated heterocycles. The lowest BCUT2D eigenvalue weighted by molar-refractivity contribution is 0.539. The van der Waals surface area contributed by atoms with Gasteiger partial charge in [0.2, 0.25) is 5.16 Å². The van der Waals surface area contributed by atoms with Gasteiger partial charge in [-0.25, -0.2) is 9.67 Å². The van der Waals surface area contributed by atoms with Crippen molar-refractivity contribution in [3.8, 4) is 0 Å². The van der Waals surface area contributed by atoms with Crippen molar-refractivity contribution in [2.45, 2.75) is 36.3 Å². The van der Waals surface area contributed by atoms with Gasteiger partial charge in [-0.3, -0.25) is 0 Å². The molecule has 0 amide bonds. The number of nitrogens with zero attached hydrogens (tertiary/aromatic N) is 5. The molecule has 80 valence electrons. The SMILES string of the molecule is CCCn1nnnc1Sc1nc(C)cs1. The number of aromatic nitrogens is 5. The Bertz CT molecular complexity index is 436. The molecule has 0 aromatic carbocycles. The van der Waals surface area contributed by atoms with Crippen LogP contribution >= 0.6 is 23.1 Å². The van der Waals surface area contributed by atoms with Crippen LogP contribution in [0.2, 0.25) is 0 Å².